The summed E-state index contributed by atoms with van der Waals surface area (Å²) in [7, 11) is -3.69. The summed E-state index contributed by atoms with van der Waals surface area (Å²) in [5.41, 5.74) is 0.626. The normalized spacial score (nSPS) is 11.4. The van der Waals surface area contributed by atoms with Gasteiger partial charge in [-0.2, -0.15) is 0 Å². The Labute approximate surface area is 172 Å². The van der Waals surface area contributed by atoms with Gasteiger partial charge in [-0.1, -0.05) is 46.8 Å². The van der Waals surface area contributed by atoms with Gasteiger partial charge in [-0.05, 0) is 17.7 Å². The molecule has 0 spiro atoms. The summed E-state index contributed by atoms with van der Waals surface area (Å²) in [6.07, 6.45) is 1.97. The van der Waals surface area contributed by atoms with E-state index in [0.29, 0.717) is 10.1 Å². The number of halogens is 2. The molecule has 0 aliphatic rings. The number of hydrogen-bond acceptors (Lipinski definition) is 9. The van der Waals surface area contributed by atoms with E-state index in [-0.39, 0.29) is 21.7 Å². The fourth-order valence-electron chi connectivity index (χ4n) is 1.89. The topological polar surface area (TPSA) is 115 Å². The molecule has 0 unspecified atom stereocenters. The largest absolute Gasteiger partial charge is 0.295 e. The molecule has 2 heterocycles. The molecule has 146 valence electrons. The summed E-state index contributed by atoms with van der Waals surface area (Å²) < 4.78 is 36.6. The van der Waals surface area contributed by atoms with Crippen LogP contribution < -0.4 is 5.32 Å². The van der Waals surface area contributed by atoms with E-state index in [4.69, 9.17) is 11.6 Å². The van der Waals surface area contributed by atoms with Crippen LogP contribution in [0.1, 0.15) is 16.1 Å². The maximum atomic E-state index is 12.9. The number of hydrogen-bond donors (Lipinski definition) is 1. The van der Waals surface area contributed by atoms with Crippen molar-refractivity contribution in [2.45, 2.75) is 15.2 Å². The van der Waals surface area contributed by atoms with E-state index in [9.17, 15) is 17.6 Å². The van der Waals surface area contributed by atoms with E-state index in [0.717, 1.165) is 29.4 Å². The first-order chi connectivity index (χ1) is 13.2. The van der Waals surface area contributed by atoms with Crippen LogP contribution in [0.4, 0.5) is 9.52 Å². The second kappa shape index (κ2) is 8.47. The fourth-order valence-corrected chi connectivity index (χ4v) is 4.27. The number of anilines is 1. The summed E-state index contributed by atoms with van der Waals surface area (Å²) in [6.45, 7) is 0. The number of nitrogens with zero attached hydrogens (tertiary/aromatic N) is 4. The van der Waals surface area contributed by atoms with Crippen molar-refractivity contribution in [3.63, 3.8) is 0 Å². The van der Waals surface area contributed by atoms with Gasteiger partial charge in [0.2, 0.25) is 20.1 Å². The third kappa shape index (κ3) is 5.22. The van der Waals surface area contributed by atoms with Gasteiger partial charge in [0.1, 0.15) is 5.82 Å². The zero-order valence-electron chi connectivity index (χ0n) is 14.1. The van der Waals surface area contributed by atoms with Crippen LogP contribution in [0.25, 0.3) is 0 Å². The summed E-state index contributed by atoms with van der Waals surface area (Å²) in [6, 6.07) is 6.08. The van der Waals surface area contributed by atoms with Crippen LogP contribution in [-0.4, -0.2) is 40.7 Å². The van der Waals surface area contributed by atoms with Crippen molar-refractivity contribution in [2.75, 3.05) is 11.6 Å². The van der Waals surface area contributed by atoms with Gasteiger partial charge in [-0.3, -0.25) is 10.1 Å². The highest BCUT2D eigenvalue weighted by Gasteiger charge is 2.20. The summed E-state index contributed by atoms with van der Waals surface area (Å²) in [5.74, 6) is -0.487. The molecule has 13 heteroatoms. The Balaban J connectivity index is 1.68. The first kappa shape index (κ1) is 20.6. The van der Waals surface area contributed by atoms with Crippen LogP contribution in [0.15, 0.2) is 40.0 Å². The predicted molar refractivity (Wildman–Crippen MR) is 104 cm³/mol. The number of sulfone groups is 1. The number of thioether (sulfide) groups is 1. The number of aromatic nitrogens is 4. The second-order valence-electron chi connectivity index (χ2n) is 5.36. The van der Waals surface area contributed by atoms with Crippen molar-refractivity contribution in [2.24, 2.45) is 0 Å². The van der Waals surface area contributed by atoms with Crippen LogP contribution in [-0.2, 0) is 15.6 Å². The average molecular weight is 460 g/mol. The molecule has 3 aromatic rings. The lowest BCUT2D eigenvalue weighted by molar-refractivity contribution is 0.102. The van der Waals surface area contributed by atoms with Crippen LogP contribution in [0.3, 0.4) is 0 Å². The minimum Gasteiger partial charge on any atom is -0.295 e. The predicted octanol–water partition coefficient (Wildman–Crippen LogP) is 3.07. The van der Waals surface area contributed by atoms with Gasteiger partial charge in [0.15, 0.2) is 10.0 Å². The van der Waals surface area contributed by atoms with Gasteiger partial charge in [-0.15, -0.1) is 10.2 Å². The lowest BCUT2D eigenvalue weighted by Crippen LogP contribution is -2.17. The van der Waals surface area contributed by atoms with Crippen LogP contribution in [0.2, 0.25) is 5.02 Å². The molecule has 0 aliphatic heterocycles. The van der Waals surface area contributed by atoms with Gasteiger partial charge in [0.05, 0.1) is 11.2 Å². The highest BCUT2D eigenvalue weighted by atomic mass is 35.5. The zero-order valence-corrected chi connectivity index (χ0v) is 17.3. The van der Waals surface area contributed by atoms with Crippen molar-refractivity contribution >= 4 is 55.6 Å². The molecule has 0 saturated heterocycles. The highest BCUT2D eigenvalue weighted by molar-refractivity contribution is 8.00. The number of carbonyl (C=O) groups excluding carboxylic acids is 1. The maximum Gasteiger partial charge on any atom is 0.277 e. The van der Waals surface area contributed by atoms with Crippen LogP contribution in [0, 0.1) is 5.82 Å². The number of amides is 1. The number of rotatable bonds is 6. The van der Waals surface area contributed by atoms with Gasteiger partial charge >= 0.3 is 0 Å². The number of benzene rings is 1. The molecule has 28 heavy (non-hydrogen) atoms. The molecule has 0 aliphatic carbocycles. The van der Waals surface area contributed by atoms with Crippen molar-refractivity contribution < 1.29 is 17.6 Å². The van der Waals surface area contributed by atoms with Crippen LogP contribution in [0.5, 0.6) is 0 Å². The summed E-state index contributed by atoms with van der Waals surface area (Å²) in [5, 5.41) is 9.89. The van der Waals surface area contributed by atoms with Gasteiger partial charge < -0.3 is 0 Å². The minimum atomic E-state index is -3.69. The van der Waals surface area contributed by atoms with E-state index in [1.165, 1.54) is 23.9 Å². The second-order valence-corrected chi connectivity index (χ2v) is 9.88. The quantitative estimate of drug-likeness (QED) is 0.339. The van der Waals surface area contributed by atoms with Gasteiger partial charge in [0, 0.05) is 12.0 Å². The molecule has 3 rings (SSSR count). The minimum absolute atomic E-state index is 0.0969. The number of carbonyl (C=O) groups is 1. The molecule has 1 N–H and O–H groups in total. The maximum absolute atomic E-state index is 12.9. The SMILES string of the molecule is CS(=O)(=O)c1ncc(Cl)c(C(=O)Nc2nnc(SCc3ccc(F)cc3)s2)n1. The van der Waals surface area contributed by atoms with E-state index >= 15 is 0 Å². The van der Waals surface area contributed by atoms with Crippen molar-refractivity contribution in [3.05, 3.63) is 52.6 Å². The zero-order chi connectivity index (χ0) is 20.3. The molecule has 8 nitrogen and oxygen atoms in total. The first-order valence-corrected chi connectivity index (χ1v) is 11.5. The van der Waals surface area contributed by atoms with Gasteiger partial charge in [-0.25, -0.2) is 22.8 Å². The Morgan fingerprint density at radius 3 is 2.68 bits per heavy atom. The Morgan fingerprint density at radius 2 is 2.00 bits per heavy atom. The van der Waals surface area contributed by atoms with Crippen molar-refractivity contribution in [1.82, 2.24) is 20.2 Å². The Morgan fingerprint density at radius 1 is 1.29 bits per heavy atom. The Bertz CT molecular complexity index is 1120. The monoisotopic (exact) mass is 459 g/mol. The van der Waals surface area contributed by atoms with E-state index in [1.54, 1.807) is 12.1 Å². The van der Waals surface area contributed by atoms with Crippen LogP contribution >= 0.6 is 34.7 Å². The smallest absolute Gasteiger partial charge is 0.277 e. The molecule has 1 aromatic carbocycles. The van der Waals surface area contributed by atoms with E-state index < -0.39 is 20.9 Å². The summed E-state index contributed by atoms with van der Waals surface area (Å²) >= 11 is 8.39. The fraction of sp³-hybridized carbons (Fsp3) is 0.133. The Kier molecular flexibility index (Phi) is 6.23. The molecule has 0 radical (unpaired) electrons. The lowest BCUT2D eigenvalue weighted by atomic mass is 10.2. The van der Waals surface area contributed by atoms with Gasteiger partial charge in [0.25, 0.3) is 5.91 Å². The average Bonchev–Trinajstić information content (AvgIpc) is 3.08. The lowest BCUT2D eigenvalue weighted by Gasteiger charge is -2.04. The first-order valence-electron chi connectivity index (χ1n) is 7.47. The molecular formula is C15H11ClFN5O3S3. The molecule has 2 aromatic heterocycles. The van der Waals surface area contributed by atoms with Crippen molar-refractivity contribution in [1.29, 1.82) is 0 Å². The molecule has 0 atom stereocenters. The Hall–Kier alpha value is -2.15. The van der Waals surface area contributed by atoms with Crippen molar-refractivity contribution in [3.8, 4) is 0 Å². The molecule has 0 saturated carbocycles. The molecule has 0 fully saturated rings. The number of nitrogens with one attached hydrogen (secondary N) is 1. The standard InChI is InChI=1S/C15H11ClFN5O3S3/c1-28(24,25)14-18-6-10(16)11(19-14)12(23)20-13-21-22-15(27-13)26-7-8-2-4-9(17)5-3-8/h2-6H,7H2,1H3,(H,20,21,23). The van der Waals surface area contributed by atoms with E-state index in [2.05, 4.69) is 25.5 Å². The molecular weight excluding hydrogens is 449 g/mol. The molecule has 0 bridgehead atoms. The third-order valence-corrected chi connectivity index (χ3v) is 6.35. The molecule has 1 amide bonds. The summed E-state index contributed by atoms with van der Waals surface area (Å²) in [4.78, 5) is 19.7. The third-order valence-electron chi connectivity index (χ3n) is 3.17. The van der Waals surface area contributed by atoms with E-state index in [1.807, 2.05) is 0 Å². The highest BCUT2D eigenvalue weighted by Crippen LogP contribution is 2.28.